The number of aromatic amines is 1. The minimum Gasteiger partial charge on any atom is -0.790 e. The Balaban J connectivity index is 2.14. The fourth-order valence-corrected chi connectivity index (χ4v) is 2.34. The van der Waals surface area contributed by atoms with Gasteiger partial charge in [-0.15, -0.1) is 0 Å². The van der Waals surface area contributed by atoms with Gasteiger partial charge in [0.15, 0.2) is 5.82 Å². The molecule has 2 rings (SSSR count). The number of nitrogens with zero attached hydrogens (tertiary/aromatic N) is 1. The molecule has 1 saturated heterocycles. The number of halogens is 1. The van der Waals surface area contributed by atoms with Crippen LogP contribution in [-0.4, -0.2) is 33.5 Å². The quantitative estimate of drug-likeness (QED) is 0.500. The van der Waals surface area contributed by atoms with Crippen LogP contribution in [0.4, 0.5) is 4.39 Å². The Morgan fingerprint density at radius 2 is 2.33 bits per heavy atom. The van der Waals surface area contributed by atoms with E-state index in [0.717, 1.165) is 10.8 Å². The highest BCUT2D eigenvalue weighted by Crippen LogP contribution is 2.31. The molecular weight excluding hydrogens is 330 g/mol. The summed E-state index contributed by atoms with van der Waals surface area (Å²) in [7, 11) is -5.20. The molecule has 9 nitrogen and oxygen atoms in total. The number of H-pyrrole nitrogens is 1. The number of phosphoric acid groups is 1. The molecule has 1 aliphatic rings. The molecule has 0 aliphatic carbocycles. The summed E-state index contributed by atoms with van der Waals surface area (Å²) in [6, 6.07) is 0. The van der Waals surface area contributed by atoms with Gasteiger partial charge in [0, 0.05) is 6.42 Å². The Kier molecular flexibility index (Phi) is 4.73. The van der Waals surface area contributed by atoms with Crippen molar-refractivity contribution in [3.8, 4) is 0 Å². The molecule has 2 N–H and O–H groups in total. The number of nitrogens with one attached hydrogen (secondary N) is 1. The number of hydrogen-bond acceptors (Lipinski definition) is 8. The Morgan fingerprint density at radius 3 is 2.95 bits per heavy atom. The maximum absolute atomic E-state index is 13.4. The molecule has 3 atom stereocenters. The lowest BCUT2D eigenvalue weighted by Crippen LogP contribution is -2.30. The van der Waals surface area contributed by atoms with Crippen molar-refractivity contribution in [1.29, 1.82) is 0 Å². The molecular formula is C9H10FN2O7PS-2. The van der Waals surface area contributed by atoms with Crippen molar-refractivity contribution >= 4 is 20.0 Å². The summed E-state index contributed by atoms with van der Waals surface area (Å²) in [5, 5.41) is 9.69. The van der Waals surface area contributed by atoms with E-state index in [0.29, 0.717) is 0 Å². The zero-order valence-electron chi connectivity index (χ0n) is 10.3. The average molecular weight is 340 g/mol. The minimum atomic E-state index is -5.20. The van der Waals surface area contributed by atoms with E-state index >= 15 is 0 Å². The van der Waals surface area contributed by atoms with Crippen LogP contribution in [0, 0.1) is 10.5 Å². The van der Waals surface area contributed by atoms with Gasteiger partial charge in [0.2, 0.25) is 0 Å². The summed E-state index contributed by atoms with van der Waals surface area (Å²) in [4.78, 5) is 34.5. The fraction of sp³-hybridized carbons (Fsp3) is 0.556. The van der Waals surface area contributed by atoms with Gasteiger partial charge in [-0.1, -0.05) is 12.2 Å². The van der Waals surface area contributed by atoms with Gasteiger partial charge in [-0.25, -0.2) is 9.18 Å². The summed E-state index contributed by atoms with van der Waals surface area (Å²) in [6.07, 6.45) is -2.65. The largest absolute Gasteiger partial charge is 0.790 e. The van der Waals surface area contributed by atoms with Crippen LogP contribution in [0.5, 0.6) is 0 Å². The van der Waals surface area contributed by atoms with Crippen molar-refractivity contribution in [2.45, 2.75) is 24.9 Å². The van der Waals surface area contributed by atoms with Crippen LogP contribution >= 0.6 is 20.0 Å². The van der Waals surface area contributed by atoms with Gasteiger partial charge < -0.3 is 28.7 Å². The number of phosphoric ester groups is 1. The zero-order valence-corrected chi connectivity index (χ0v) is 12.0. The highest BCUT2D eigenvalue weighted by Gasteiger charge is 2.35. The summed E-state index contributed by atoms with van der Waals surface area (Å²) in [6.45, 7) is -0.692. The number of rotatable bonds is 4. The van der Waals surface area contributed by atoms with Gasteiger partial charge in [-0.05, 0) is 0 Å². The third-order valence-corrected chi connectivity index (χ3v) is 3.60. The second-order valence-corrected chi connectivity index (χ2v) is 5.88. The standard InChI is InChI=1S/C9H12FN2O7PS/c10-4-2-12(9(14)11-8(4)21)7-1-5(13)6(19-7)3-18-20(15,16)17/h2,5-7,13H,1,3H2,(H,11,14,21)(H2,15,16,17)/p-2/t5-,6+,7+/m0/s1. The minimum absolute atomic E-state index is 0.111. The second-order valence-electron chi connectivity index (χ2n) is 4.32. The average Bonchev–Trinajstić information content (AvgIpc) is 2.72. The summed E-state index contributed by atoms with van der Waals surface area (Å²) >= 11 is 4.55. The molecule has 0 saturated carbocycles. The van der Waals surface area contributed by atoms with E-state index < -0.39 is 44.4 Å². The van der Waals surface area contributed by atoms with Gasteiger partial charge in [-0.3, -0.25) is 9.55 Å². The molecule has 21 heavy (non-hydrogen) atoms. The molecule has 12 heteroatoms. The monoisotopic (exact) mass is 340 g/mol. The predicted octanol–water partition coefficient (Wildman–Crippen LogP) is -1.46. The van der Waals surface area contributed by atoms with E-state index in [2.05, 4.69) is 21.7 Å². The van der Waals surface area contributed by atoms with Crippen molar-refractivity contribution in [2.24, 2.45) is 0 Å². The van der Waals surface area contributed by atoms with Crippen LogP contribution in [-0.2, 0) is 13.8 Å². The summed E-state index contributed by atoms with van der Waals surface area (Å²) in [5.41, 5.74) is -0.751. The first-order chi connectivity index (χ1) is 9.67. The molecule has 0 bridgehead atoms. The molecule has 1 aliphatic heterocycles. The van der Waals surface area contributed by atoms with Crippen LogP contribution in [0.15, 0.2) is 11.0 Å². The van der Waals surface area contributed by atoms with Crippen LogP contribution in [0.1, 0.15) is 12.6 Å². The lowest BCUT2D eigenvalue weighted by Gasteiger charge is -2.30. The number of hydrogen-bond donors (Lipinski definition) is 2. The van der Waals surface area contributed by atoms with Gasteiger partial charge in [-0.2, -0.15) is 0 Å². The highest BCUT2D eigenvalue weighted by molar-refractivity contribution is 7.71. The van der Waals surface area contributed by atoms with E-state index in [1.165, 1.54) is 0 Å². The third-order valence-electron chi connectivity index (χ3n) is 2.84. The molecule has 0 unspecified atom stereocenters. The van der Waals surface area contributed by atoms with Crippen molar-refractivity contribution in [3.05, 3.63) is 27.1 Å². The lowest BCUT2D eigenvalue weighted by atomic mass is 10.2. The van der Waals surface area contributed by atoms with Crippen LogP contribution in [0.3, 0.4) is 0 Å². The lowest BCUT2D eigenvalue weighted by molar-refractivity contribution is -0.343. The molecule has 0 amide bonds. The molecule has 0 radical (unpaired) electrons. The van der Waals surface area contributed by atoms with Crippen molar-refractivity contribution in [2.75, 3.05) is 6.61 Å². The molecule has 2 heterocycles. The van der Waals surface area contributed by atoms with Gasteiger partial charge in [0.05, 0.1) is 26.7 Å². The van der Waals surface area contributed by atoms with Gasteiger partial charge in [0.1, 0.15) is 17.0 Å². The van der Waals surface area contributed by atoms with E-state index in [1.807, 2.05) is 0 Å². The van der Waals surface area contributed by atoms with Crippen molar-refractivity contribution < 1.29 is 33.1 Å². The summed E-state index contributed by atoms with van der Waals surface area (Å²) < 4.78 is 33.4. The first kappa shape index (κ1) is 16.4. The molecule has 1 fully saturated rings. The van der Waals surface area contributed by atoms with Crippen LogP contribution in [0.25, 0.3) is 0 Å². The van der Waals surface area contributed by atoms with Crippen molar-refractivity contribution in [1.82, 2.24) is 9.55 Å². The summed E-state index contributed by atoms with van der Waals surface area (Å²) in [5.74, 6) is -0.856. The maximum atomic E-state index is 13.4. The smallest absolute Gasteiger partial charge is 0.328 e. The van der Waals surface area contributed by atoms with Gasteiger partial charge in [0.25, 0.3) is 0 Å². The van der Waals surface area contributed by atoms with E-state index in [4.69, 9.17) is 4.74 Å². The van der Waals surface area contributed by atoms with E-state index in [9.17, 15) is 28.6 Å². The Bertz CT molecular complexity index is 685. The fourth-order valence-electron chi connectivity index (χ4n) is 1.88. The third kappa shape index (κ3) is 4.04. The van der Waals surface area contributed by atoms with Crippen LogP contribution in [0.2, 0.25) is 0 Å². The number of aromatic nitrogens is 2. The van der Waals surface area contributed by atoms with Crippen LogP contribution < -0.4 is 15.5 Å². The normalized spacial score (nSPS) is 26.2. The Labute approximate surface area is 122 Å². The molecule has 0 aromatic carbocycles. The first-order valence-electron chi connectivity index (χ1n) is 5.68. The Hall–Kier alpha value is -0.940. The molecule has 118 valence electrons. The second kappa shape index (κ2) is 6.05. The SMILES string of the molecule is O=c1[nH]c(=S)c(F)cn1[C@H]1C[C@H](O)[C@@H](COP(=O)([O-])[O-])O1. The predicted molar refractivity (Wildman–Crippen MR) is 63.9 cm³/mol. The molecule has 0 spiro atoms. The topological polar surface area (TPSA) is 140 Å². The number of aliphatic hydroxyl groups excluding tert-OH is 1. The van der Waals surface area contributed by atoms with E-state index in [-0.39, 0.29) is 11.1 Å². The Morgan fingerprint density at radius 1 is 1.67 bits per heavy atom. The molecule has 1 aromatic rings. The van der Waals surface area contributed by atoms with Crippen molar-refractivity contribution in [3.63, 3.8) is 0 Å². The highest BCUT2D eigenvalue weighted by atomic mass is 32.1. The van der Waals surface area contributed by atoms with Gasteiger partial charge >= 0.3 is 5.69 Å². The maximum Gasteiger partial charge on any atom is 0.328 e. The first-order valence-corrected chi connectivity index (χ1v) is 7.55. The van der Waals surface area contributed by atoms with E-state index in [1.54, 1.807) is 0 Å². The number of aliphatic hydroxyl groups is 1. The zero-order chi connectivity index (χ0) is 15.8. The molecule has 1 aromatic heterocycles. The number of ether oxygens (including phenoxy) is 1.